The van der Waals surface area contributed by atoms with Crippen molar-refractivity contribution in [3.63, 3.8) is 0 Å². The number of alkyl halides is 3. The first-order valence-electron chi connectivity index (χ1n) is 6.97. The zero-order chi connectivity index (χ0) is 17.5. The average molecular weight is 334 g/mol. The molecule has 0 amide bonds. The van der Waals surface area contributed by atoms with E-state index in [1.165, 1.54) is 10.8 Å². The van der Waals surface area contributed by atoms with Gasteiger partial charge in [-0.05, 0) is 5.56 Å². The summed E-state index contributed by atoms with van der Waals surface area (Å²) in [7, 11) is 0. The van der Waals surface area contributed by atoms with E-state index in [9.17, 15) is 18.0 Å². The van der Waals surface area contributed by atoms with Crippen LogP contribution in [0.3, 0.4) is 0 Å². The second-order valence-corrected chi connectivity index (χ2v) is 5.31. The highest BCUT2D eigenvalue weighted by Crippen LogP contribution is 2.33. The number of carbonyl (C=O) groups excluding carboxylic acids is 1. The first kappa shape index (κ1) is 15.9. The van der Waals surface area contributed by atoms with Crippen molar-refractivity contribution in [3.05, 3.63) is 53.9 Å². The summed E-state index contributed by atoms with van der Waals surface area (Å²) in [6.07, 6.45) is -2.62. The third kappa shape index (κ3) is 2.66. The molecule has 3 rings (SSSR count). The van der Waals surface area contributed by atoms with E-state index in [1.807, 2.05) is 30.3 Å². The quantitative estimate of drug-likeness (QED) is 0.721. The van der Waals surface area contributed by atoms with Gasteiger partial charge in [-0.25, -0.2) is 4.98 Å². The van der Waals surface area contributed by atoms with E-state index in [4.69, 9.17) is 11.5 Å². The number of nitrogen functional groups attached to an aromatic ring is 2. The normalized spacial score (nSPS) is 11.8. The van der Waals surface area contributed by atoms with Gasteiger partial charge in [0.15, 0.2) is 0 Å². The van der Waals surface area contributed by atoms with E-state index in [0.29, 0.717) is 0 Å². The van der Waals surface area contributed by atoms with Crippen molar-refractivity contribution in [2.45, 2.75) is 12.7 Å². The molecule has 2 aromatic heterocycles. The lowest BCUT2D eigenvalue weighted by Crippen LogP contribution is -2.22. The highest BCUT2D eigenvalue weighted by atomic mass is 19.4. The number of ketones is 1. The number of hydrogen-bond acceptors (Lipinski definition) is 4. The van der Waals surface area contributed by atoms with Crippen LogP contribution in [0.2, 0.25) is 0 Å². The van der Waals surface area contributed by atoms with E-state index in [2.05, 4.69) is 4.98 Å². The number of rotatable bonds is 3. The van der Waals surface area contributed by atoms with Gasteiger partial charge in [0.25, 0.3) is 5.78 Å². The zero-order valence-corrected chi connectivity index (χ0v) is 12.3. The fourth-order valence-corrected chi connectivity index (χ4v) is 2.52. The predicted molar refractivity (Wildman–Crippen MR) is 84.5 cm³/mol. The van der Waals surface area contributed by atoms with Crippen molar-refractivity contribution in [1.29, 1.82) is 0 Å². The van der Waals surface area contributed by atoms with Crippen LogP contribution in [-0.4, -0.2) is 21.5 Å². The van der Waals surface area contributed by atoms with Crippen LogP contribution in [0.25, 0.3) is 11.0 Å². The summed E-state index contributed by atoms with van der Waals surface area (Å²) < 4.78 is 40.1. The number of halogens is 3. The molecule has 5 nitrogen and oxygen atoms in total. The van der Waals surface area contributed by atoms with Crippen molar-refractivity contribution in [3.8, 4) is 0 Å². The van der Waals surface area contributed by atoms with Gasteiger partial charge in [-0.1, -0.05) is 30.3 Å². The van der Waals surface area contributed by atoms with Crippen molar-refractivity contribution in [2.75, 3.05) is 11.5 Å². The van der Waals surface area contributed by atoms with Crippen LogP contribution in [0.4, 0.5) is 24.5 Å². The maximum Gasteiger partial charge on any atom is 0.454 e. The molecule has 4 N–H and O–H groups in total. The molecule has 0 aliphatic carbocycles. The molecule has 124 valence electrons. The fourth-order valence-electron chi connectivity index (χ4n) is 2.52. The number of aromatic nitrogens is 2. The van der Waals surface area contributed by atoms with Gasteiger partial charge in [0.05, 0.1) is 28.5 Å². The van der Waals surface area contributed by atoms with Crippen LogP contribution in [0, 0.1) is 0 Å². The van der Waals surface area contributed by atoms with Crippen LogP contribution in [-0.2, 0) is 6.54 Å². The molecule has 24 heavy (non-hydrogen) atoms. The van der Waals surface area contributed by atoms with Crippen LogP contribution >= 0.6 is 0 Å². The Labute approximate surface area is 134 Å². The Morgan fingerprint density at radius 3 is 2.46 bits per heavy atom. The third-order valence-corrected chi connectivity index (χ3v) is 3.65. The van der Waals surface area contributed by atoms with Gasteiger partial charge in [0, 0.05) is 12.7 Å². The monoisotopic (exact) mass is 334 g/mol. The SMILES string of the molecule is Nc1cnc2c(c(C(=O)C(F)(F)F)cn2Cc2ccccc2)c1N. The number of anilines is 2. The minimum absolute atomic E-state index is 0.0242. The topological polar surface area (TPSA) is 86.9 Å². The molecule has 0 aliphatic rings. The van der Waals surface area contributed by atoms with Gasteiger partial charge in [-0.3, -0.25) is 4.79 Å². The Morgan fingerprint density at radius 2 is 1.83 bits per heavy atom. The smallest absolute Gasteiger partial charge is 0.396 e. The molecule has 0 fully saturated rings. The Hall–Kier alpha value is -3.03. The van der Waals surface area contributed by atoms with Gasteiger partial charge in [-0.2, -0.15) is 13.2 Å². The van der Waals surface area contributed by atoms with E-state index < -0.39 is 17.5 Å². The number of nitrogens with zero attached hydrogens (tertiary/aromatic N) is 2. The summed E-state index contributed by atoms with van der Waals surface area (Å²) in [4.78, 5) is 15.8. The van der Waals surface area contributed by atoms with Gasteiger partial charge in [-0.15, -0.1) is 0 Å². The lowest BCUT2D eigenvalue weighted by atomic mass is 10.1. The lowest BCUT2D eigenvalue weighted by molar-refractivity contribution is -0.0884. The average Bonchev–Trinajstić information content (AvgIpc) is 2.89. The Morgan fingerprint density at radius 1 is 1.17 bits per heavy atom. The van der Waals surface area contributed by atoms with Crippen molar-refractivity contribution in [1.82, 2.24) is 9.55 Å². The van der Waals surface area contributed by atoms with Gasteiger partial charge >= 0.3 is 6.18 Å². The molecule has 0 aliphatic heterocycles. The number of Topliss-reactive ketones (excluding diaryl/α,β-unsaturated/α-hetero) is 1. The van der Waals surface area contributed by atoms with Crippen molar-refractivity contribution < 1.29 is 18.0 Å². The van der Waals surface area contributed by atoms with E-state index >= 15 is 0 Å². The molecule has 0 saturated carbocycles. The summed E-state index contributed by atoms with van der Waals surface area (Å²) in [5, 5.41) is -0.0757. The summed E-state index contributed by atoms with van der Waals surface area (Å²) in [6, 6.07) is 9.08. The molecule has 0 radical (unpaired) electrons. The van der Waals surface area contributed by atoms with Crippen LogP contribution in [0.15, 0.2) is 42.7 Å². The van der Waals surface area contributed by atoms with Crippen LogP contribution in [0.1, 0.15) is 15.9 Å². The van der Waals surface area contributed by atoms with Crippen LogP contribution in [0.5, 0.6) is 0 Å². The van der Waals surface area contributed by atoms with Gasteiger partial charge in [0.1, 0.15) is 5.65 Å². The van der Waals surface area contributed by atoms with E-state index in [0.717, 1.165) is 11.8 Å². The standard InChI is InChI=1S/C16H13F3N4O/c17-16(18,19)14(24)10-8-23(7-9-4-2-1-3-5-9)15-12(10)13(21)11(20)6-22-15/h1-6,8H,7,20H2,(H2,21,22). The van der Waals surface area contributed by atoms with E-state index in [-0.39, 0.29) is 29.0 Å². The van der Waals surface area contributed by atoms with Crippen molar-refractivity contribution >= 4 is 28.2 Å². The van der Waals surface area contributed by atoms with Crippen molar-refractivity contribution in [2.24, 2.45) is 0 Å². The zero-order valence-electron chi connectivity index (χ0n) is 12.3. The molecule has 0 saturated heterocycles. The maximum absolute atomic E-state index is 12.9. The van der Waals surface area contributed by atoms with Gasteiger partial charge in [0.2, 0.25) is 0 Å². The van der Waals surface area contributed by atoms with Gasteiger partial charge < -0.3 is 16.0 Å². The molecule has 0 bridgehead atoms. The minimum Gasteiger partial charge on any atom is -0.396 e. The number of hydrogen-bond donors (Lipinski definition) is 2. The predicted octanol–water partition coefficient (Wildman–Crippen LogP) is 2.99. The summed E-state index contributed by atoms with van der Waals surface area (Å²) >= 11 is 0. The summed E-state index contributed by atoms with van der Waals surface area (Å²) in [5.41, 5.74) is 11.9. The number of benzene rings is 1. The number of pyridine rings is 1. The highest BCUT2D eigenvalue weighted by Gasteiger charge is 2.41. The maximum atomic E-state index is 12.9. The molecule has 2 heterocycles. The Balaban J connectivity index is 2.21. The molecule has 0 spiro atoms. The molecular weight excluding hydrogens is 321 g/mol. The molecule has 3 aromatic rings. The van der Waals surface area contributed by atoms with Crippen LogP contribution < -0.4 is 11.5 Å². The third-order valence-electron chi connectivity index (χ3n) is 3.65. The first-order valence-corrected chi connectivity index (χ1v) is 6.97. The molecule has 0 unspecified atom stereocenters. The summed E-state index contributed by atoms with van der Waals surface area (Å²) in [5.74, 6) is -1.97. The minimum atomic E-state index is -5.01. The Bertz CT molecular complexity index is 916. The molecule has 8 heteroatoms. The molecule has 0 atom stereocenters. The fraction of sp³-hybridized carbons (Fsp3) is 0.125. The highest BCUT2D eigenvalue weighted by molar-refractivity contribution is 6.14. The molecular formula is C16H13F3N4O. The Kier molecular flexibility index (Phi) is 3.67. The second kappa shape index (κ2) is 5.55. The number of fused-ring (bicyclic) bond motifs is 1. The largest absolute Gasteiger partial charge is 0.454 e. The number of nitrogens with two attached hydrogens (primary N) is 2. The second-order valence-electron chi connectivity index (χ2n) is 5.31. The number of carbonyl (C=O) groups is 1. The summed E-state index contributed by atoms with van der Waals surface area (Å²) in [6.45, 7) is 0.249. The van der Waals surface area contributed by atoms with E-state index in [1.54, 1.807) is 0 Å². The first-order chi connectivity index (χ1) is 11.3. The lowest BCUT2D eigenvalue weighted by Gasteiger charge is -2.06. The molecule has 1 aromatic carbocycles.